The van der Waals surface area contributed by atoms with Crippen molar-refractivity contribution in [2.24, 2.45) is 0 Å². The molecule has 108 valence electrons. The second-order valence-electron chi connectivity index (χ2n) is 4.06. The van der Waals surface area contributed by atoms with E-state index < -0.39 is 0 Å². The zero-order valence-corrected chi connectivity index (χ0v) is 11.9. The highest BCUT2D eigenvalue weighted by molar-refractivity contribution is 5.38. The number of hydrogen-bond acceptors (Lipinski definition) is 6. The lowest BCUT2D eigenvalue weighted by Crippen LogP contribution is -2.10. The Hall–Kier alpha value is -1.40. The Morgan fingerprint density at radius 1 is 1.16 bits per heavy atom. The van der Waals surface area contributed by atoms with Crippen LogP contribution in [0.15, 0.2) is 6.07 Å². The average Bonchev–Trinajstić information content (AvgIpc) is 2.40. The molecule has 0 aromatic carbocycles. The van der Waals surface area contributed by atoms with Crippen LogP contribution in [-0.4, -0.2) is 43.9 Å². The van der Waals surface area contributed by atoms with Gasteiger partial charge in [0.05, 0.1) is 6.61 Å². The summed E-state index contributed by atoms with van der Waals surface area (Å²) in [5.74, 6) is 1.91. The van der Waals surface area contributed by atoms with Crippen LogP contribution < -0.4 is 10.1 Å². The molecule has 0 amide bonds. The molecule has 0 aliphatic carbocycles. The minimum absolute atomic E-state index is 0.365. The van der Waals surface area contributed by atoms with Gasteiger partial charge in [0, 0.05) is 26.8 Å². The van der Waals surface area contributed by atoms with Gasteiger partial charge in [0.1, 0.15) is 19.0 Å². The second-order valence-corrected chi connectivity index (χ2v) is 4.06. The summed E-state index contributed by atoms with van der Waals surface area (Å²) in [6.45, 7) is 4.40. The maximum Gasteiger partial charge on any atom is 0.218 e. The number of rotatable bonds is 10. The van der Waals surface area contributed by atoms with Crippen LogP contribution in [0.5, 0.6) is 5.88 Å². The van der Waals surface area contributed by atoms with Gasteiger partial charge in [0.2, 0.25) is 5.88 Å². The first-order valence-electron chi connectivity index (χ1n) is 6.52. The van der Waals surface area contributed by atoms with E-state index in [0.717, 1.165) is 25.2 Å². The summed E-state index contributed by atoms with van der Waals surface area (Å²) >= 11 is 0. The zero-order chi connectivity index (χ0) is 13.9. The van der Waals surface area contributed by atoms with E-state index in [1.54, 1.807) is 20.3 Å². The van der Waals surface area contributed by atoms with E-state index in [4.69, 9.17) is 14.2 Å². The Morgan fingerprint density at radius 3 is 2.68 bits per heavy atom. The molecule has 1 N–H and O–H groups in total. The SMILES string of the molecule is CCCCNc1cc(OCCOC)nc(COC)n1. The summed E-state index contributed by atoms with van der Waals surface area (Å²) in [7, 11) is 3.25. The molecule has 0 fully saturated rings. The van der Waals surface area contributed by atoms with E-state index in [0.29, 0.717) is 31.5 Å². The molecule has 6 heteroatoms. The van der Waals surface area contributed by atoms with Crippen LogP contribution >= 0.6 is 0 Å². The summed E-state index contributed by atoms with van der Waals surface area (Å²) in [5, 5.41) is 3.26. The fourth-order valence-electron chi connectivity index (χ4n) is 1.45. The molecule has 19 heavy (non-hydrogen) atoms. The van der Waals surface area contributed by atoms with Crippen LogP contribution in [0.1, 0.15) is 25.6 Å². The van der Waals surface area contributed by atoms with E-state index in [1.807, 2.05) is 0 Å². The standard InChI is InChI=1S/C13H23N3O3/c1-4-5-6-14-11-9-13(19-8-7-17-2)16-12(15-11)10-18-3/h9H,4-8,10H2,1-3H3,(H,14,15,16). The van der Waals surface area contributed by atoms with Gasteiger partial charge in [-0.2, -0.15) is 4.98 Å². The summed E-state index contributed by atoms with van der Waals surface area (Å²) in [4.78, 5) is 8.63. The van der Waals surface area contributed by atoms with Gasteiger partial charge in [-0.15, -0.1) is 0 Å². The molecule has 1 aromatic rings. The van der Waals surface area contributed by atoms with E-state index in [-0.39, 0.29) is 0 Å². The van der Waals surface area contributed by atoms with Crippen molar-refractivity contribution in [1.82, 2.24) is 9.97 Å². The molecule has 6 nitrogen and oxygen atoms in total. The maximum absolute atomic E-state index is 5.51. The number of hydrogen-bond donors (Lipinski definition) is 1. The van der Waals surface area contributed by atoms with Gasteiger partial charge in [0.15, 0.2) is 5.82 Å². The average molecular weight is 269 g/mol. The lowest BCUT2D eigenvalue weighted by Gasteiger charge is -2.10. The van der Waals surface area contributed by atoms with Gasteiger partial charge in [-0.05, 0) is 6.42 Å². The Morgan fingerprint density at radius 2 is 2.00 bits per heavy atom. The van der Waals surface area contributed by atoms with Crippen molar-refractivity contribution < 1.29 is 14.2 Å². The highest BCUT2D eigenvalue weighted by atomic mass is 16.5. The molecular weight excluding hydrogens is 246 g/mol. The molecule has 0 bridgehead atoms. The summed E-state index contributed by atoms with van der Waals surface area (Å²) in [6.07, 6.45) is 2.24. The van der Waals surface area contributed by atoms with Crippen molar-refractivity contribution in [3.63, 3.8) is 0 Å². The molecule has 0 aliphatic rings. The van der Waals surface area contributed by atoms with Gasteiger partial charge in [-0.25, -0.2) is 4.98 Å². The van der Waals surface area contributed by atoms with Crippen molar-refractivity contribution in [3.05, 3.63) is 11.9 Å². The number of nitrogens with one attached hydrogen (secondary N) is 1. The van der Waals surface area contributed by atoms with E-state index >= 15 is 0 Å². The van der Waals surface area contributed by atoms with Crippen LogP contribution in [0, 0.1) is 0 Å². The molecular formula is C13H23N3O3. The summed E-state index contributed by atoms with van der Waals surface area (Å²) in [6, 6.07) is 1.80. The maximum atomic E-state index is 5.51. The van der Waals surface area contributed by atoms with Gasteiger partial charge < -0.3 is 19.5 Å². The first-order valence-corrected chi connectivity index (χ1v) is 6.52. The van der Waals surface area contributed by atoms with Crippen molar-refractivity contribution in [3.8, 4) is 5.88 Å². The van der Waals surface area contributed by atoms with Crippen molar-refractivity contribution >= 4 is 5.82 Å². The summed E-state index contributed by atoms with van der Waals surface area (Å²) in [5.41, 5.74) is 0. The van der Waals surface area contributed by atoms with E-state index in [1.165, 1.54) is 0 Å². The Labute approximate surface area is 114 Å². The first kappa shape index (κ1) is 15.7. The van der Waals surface area contributed by atoms with Crippen LogP contribution in [0.3, 0.4) is 0 Å². The monoisotopic (exact) mass is 269 g/mol. The summed E-state index contributed by atoms with van der Waals surface area (Å²) < 4.78 is 15.5. The zero-order valence-electron chi connectivity index (χ0n) is 11.9. The normalized spacial score (nSPS) is 10.5. The first-order chi connectivity index (χ1) is 9.30. The molecule has 1 aromatic heterocycles. The van der Waals surface area contributed by atoms with Crippen LogP contribution in [0.2, 0.25) is 0 Å². The van der Waals surface area contributed by atoms with Crippen molar-refractivity contribution in [2.75, 3.05) is 39.3 Å². The van der Waals surface area contributed by atoms with Gasteiger partial charge in [0.25, 0.3) is 0 Å². The van der Waals surface area contributed by atoms with Gasteiger partial charge in [-0.3, -0.25) is 0 Å². The number of unbranched alkanes of at least 4 members (excludes halogenated alkanes) is 1. The number of methoxy groups -OCH3 is 2. The molecule has 0 aliphatic heterocycles. The topological polar surface area (TPSA) is 65.5 Å². The van der Waals surface area contributed by atoms with E-state index in [9.17, 15) is 0 Å². The molecule has 0 unspecified atom stereocenters. The lowest BCUT2D eigenvalue weighted by atomic mass is 10.3. The third-order valence-corrected chi connectivity index (χ3v) is 2.40. The Balaban J connectivity index is 2.66. The number of nitrogens with zero attached hydrogens (tertiary/aromatic N) is 2. The highest BCUT2D eigenvalue weighted by Gasteiger charge is 2.05. The quantitative estimate of drug-likeness (QED) is 0.654. The van der Waals surface area contributed by atoms with Crippen LogP contribution in [0.25, 0.3) is 0 Å². The molecule has 0 atom stereocenters. The molecule has 0 saturated heterocycles. The number of ether oxygens (including phenoxy) is 3. The molecule has 1 heterocycles. The molecule has 1 rings (SSSR count). The van der Waals surface area contributed by atoms with Crippen LogP contribution in [0.4, 0.5) is 5.82 Å². The van der Waals surface area contributed by atoms with Crippen LogP contribution in [-0.2, 0) is 16.1 Å². The number of anilines is 1. The third kappa shape index (κ3) is 6.35. The molecule has 0 spiro atoms. The minimum Gasteiger partial charge on any atom is -0.475 e. The molecule has 0 saturated carbocycles. The van der Waals surface area contributed by atoms with Crippen molar-refractivity contribution in [2.45, 2.75) is 26.4 Å². The van der Waals surface area contributed by atoms with E-state index in [2.05, 4.69) is 22.2 Å². The van der Waals surface area contributed by atoms with Gasteiger partial charge >= 0.3 is 0 Å². The number of aromatic nitrogens is 2. The second kappa shape index (κ2) is 9.52. The van der Waals surface area contributed by atoms with Gasteiger partial charge in [-0.1, -0.05) is 13.3 Å². The third-order valence-electron chi connectivity index (χ3n) is 2.40. The van der Waals surface area contributed by atoms with Crippen molar-refractivity contribution in [1.29, 1.82) is 0 Å². The largest absolute Gasteiger partial charge is 0.475 e. The fraction of sp³-hybridized carbons (Fsp3) is 0.692. The molecule has 0 radical (unpaired) electrons. The fourth-order valence-corrected chi connectivity index (χ4v) is 1.45. The Bertz CT molecular complexity index is 333. The predicted molar refractivity (Wildman–Crippen MR) is 73.5 cm³/mol. The predicted octanol–water partition coefficient (Wildman–Crippen LogP) is 1.86. The minimum atomic E-state index is 0.365. The Kier molecular flexibility index (Phi) is 7.84. The lowest BCUT2D eigenvalue weighted by molar-refractivity contribution is 0.142. The highest BCUT2D eigenvalue weighted by Crippen LogP contribution is 2.14. The smallest absolute Gasteiger partial charge is 0.218 e.